The first-order chi connectivity index (χ1) is 12.2. The van der Waals surface area contributed by atoms with Gasteiger partial charge in [-0.05, 0) is 31.0 Å². The predicted molar refractivity (Wildman–Crippen MR) is 100 cm³/mol. The Bertz CT molecular complexity index is 673. The highest BCUT2D eigenvalue weighted by molar-refractivity contribution is 8.13. The number of carbonyl (C=O) groups excluding carboxylic acids is 2. The lowest BCUT2D eigenvalue weighted by Gasteiger charge is -2.03. The molecule has 134 valence electrons. The maximum absolute atomic E-state index is 12.1. The highest BCUT2D eigenvalue weighted by Crippen LogP contribution is 2.16. The van der Waals surface area contributed by atoms with Crippen LogP contribution in [0.4, 0.5) is 0 Å². The van der Waals surface area contributed by atoms with Crippen LogP contribution in [0.2, 0.25) is 0 Å². The SMILES string of the molecule is CCC(=O)SCCCCCCNC(=O)c1cc(-c2ccncc2)n[nH]1. The van der Waals surface area contributed by atoms with Gasteiger partial charge >= 0.3 is 0 Å². The van der Waals surface area contributed by atoms with E-state index in [0.717, 1.165) is 42.7 Å². The molecule has 0 aliphatic carbocycles. The number of rotatable bonds is 10. The largest absolute Gasteiger partial charge is 0.351 e. The van der Waals surface area contributed by atoms with Crippen molar-refractivity contribution in [2.45, 2.75) is 39.0 Å². The van der Waals surface area contributed by atoms with Gasteiger partial charge in [0.15, 0.2) is 5.12 Å². The van der Waals surface area contributed by atoms with Crippen molar-refractivity contribution < 1.29 is 9.59 Å². The molecule has 6 nitrogen and oxygen atoms in total. The molecule has 25 heavy (non-hydrogen) atoms. The van der Waals surface area contributed by atoms with E-state index in [1.54, 1.807) is 18.5 Å². The average molecular weight is 360 g/mol. The summed E-state index contributed by atoms with van der Waals surface area (Å²) in [6.45, 7) is 2.53. The van der Waals surface area contributed by atoms with Crippen molar-refractivity contribution in [1.82, 2.24) is 20.5 Å². The van der Waals surface area contributed by atoms with Crippen molar-refractivity contribution in [3.8, 4) is 11.3 Å². The Balaban J connectivity index is 1.61. The van der Waals surface area contributed by atoms with Crippen molar-refractivity contribution >= 4 is 22.8 Å². The molecule has 0 aromatic carbocycles. The van der Waals surface area contributed by atoms with Crippen molar-refractivity contribution in [2.24, 2.45) is 0 Å². The van der Waals surface area contributed by atoms with Gasteiger partial charge in [0.2, 0.25) is 0 Å². The second kappa shape index (κ2) is 10.7. The third-order valence-corrected chi connectivity index (χ3v) is 4.81. The van der Waals surface area contributed by atoms with Gasteiger partial charge in [-0.2, -0.15) is 5.10 Å². The van der Waals surface area contributed by atoms with Gasteiger partial charge in [0.05, 0.1) is 5.69 Å². The van der Waals surface area contributed by atoms with Gasteiger partial charge in [-0.15, -0.1) is 0 Å². The first kappa shape index (κ1) is 19.2. The third kappa shape index (κ3) is 6.70. The number of pyridine rings is 1. The minimum absolute atomic E-state index is 0.142. The van der Waals surface area contributed by atoms with Gasteiger partial charge < -0.3 is 5.32 Å². The van der Waals surface area contributed by atoms with Crippen LogP contribution in [-0.4, -0.2) is 38.5 Å². The molecule has 7 heteroatoms. The zero-order valence-corrected chi connectivity index (χ0v) is 15.3. The minimum atomic E-state index is -0.142. The minimum Gasteiger partial charge on any atom is -0.351 e. The number of aromatic amines is 1. The number of amides is 1. The highest BCUT2D eigenvalue weighted by Gasteiger charge is 2.10. The normalized spacial score (nSPS) is 10.6. The summed E-state index contributed by atoms with van der Waals surface area (Å²) < 4.78 is 0. The van der Waals surface area contributed by atoms with Crippen LogP contribution in [-0.2, 0) is 4.79 Å². The molecule has 2 aromatic heterocycles. The molecule has 2 rings (SSSR count). The summed E-state index contributed by atoms with van der Waals surface area (Å²) in [7, 11) is 0. The van der Waals surface area contributed by atoms with Gasteiger partial charge in [-0.3, -0.25) is 19.7 Å². The molecule has 0 saturated heterocycles. The Morgan fingerprint density at radius 1 is 1.16 bits per heavy atom. The van der Waals surface area contributed by atoms with Crippen molar-refractivity contribution in [1.29, 1.82) is 0 Å². The van der Waals surface area contributed by atoms with E-state index in [4.69, 9.17) is 0 Å². The first-order valence-electron chi connectivity index (χ1n) is 8.60. The van der Waals surface area contributed by atoms with Crippen molar-refractivity contribution in [3.05, 3.63) is 36.3 Å². The van der Waals surface area contributed by atoms with E-state index in [1.165, 1.54) is 11.8 Å². The smallest absolute Gasteiger partial charge is 0.269 e. The number of unbranched alkanes of at least 4 members (excludes halogenated alkanes) is 3. The van der Waals surface area contributed by atoms with E-state index < -0.39 is 0 Å². The zero-order chi connectivity index (χ0) is 17.9. The molecule has 0 aliphatic heterocycles. The van der Waals surface area contributed by atoms with Gasteiger partial charge in [-0.25, -0.2) is 0 Å². The Morgan fingerprint density at radius 3 is 2.68 bits per heavy atom. The molecule has 0 fully saturated rings. The summed E-state index contributed by atoms with van der Waals surface area (Å²) in [4.78, 5) is 27.2. The number of nitrogens with zero attached hydrogens (tertiary/aromatic N) is 2. The lowest BCUT2D eigenvalue weighted by atomic mass is 10.2. The van der Waals surface area contributed by atoms with Crippen LogP contribution in [0, 0.1) is 0 Å². The molecule has 0 saturated carbocycles. The van der Waals surface area contributed by atoms with Crippen LogP contribution in [0.3, 0.4) is 0 Å². The van der Waals surface area contributed by atoms with E-state index >= 15 is 0 Å². The highest BCUT2D eigenvalue weighted by atomic mass is 32.2. The Labute approximate surface area is 152 Å². The number of carbonyl (C=O) groups is 2. The van der Waals surface area contributed by atoms with Crippen LogP contribution < -0.4 is 5.32 Å². The fraction of sp³-hybridized carbons (Fsp3) is 0.444. The Hall–Kier alpha value is -2.15. The van der Waals surface area contributed by atoms with E-state index in [9.17, 15) is 9.59 Å². The van der Waals surface area contributed by atoms with Crippen LogP contribution >= 0.6 is 11.8 Å². The van der Waals surface area contributed by atoms with Crippen LogP contribution in [0.25, 0.3) is 11.3 Å². The number of thioether (sulfide) groups is 1. The topological polar surface area (TPSA) is 87.7 Å². The summed E-state index contributed by atoms with van der Waals surface area (Å²) in [5.41, 5.74) is 2.11. The lowest BCUT2D eigenvalue weighted by molar-refractivity contribution is -0.110. The second-order valence-electron chi connectivity index (χ2n) is 5.65. The van der Waals surface area contributed by atoms with Gasteiger partial charge in [0, 0.05) is 36.7 Å². The first-order valence-corrected chi connectivity index (χ1v) is 9.59. The molecule has 0 aliphatic rings. The van der Waals surface area contributed by atoms with E-state index in [-0.39, 0.29) is 11.0 Å². The lowest BCUT2D eigenvalue weighted by Crippen LogP contribution is -2.24. The van der Waals surface area contributed by atoms with Gasteiger partial charge in [-0.1, -0.05) is 31.5 Å². The molecule has 2 N–H and O–H groups in total. The molecule has 0 radical (unpaired) electrons. The van der Waals surface area contributed by atoms with E-state index in [1.807, 2.05) is 19.1 Å². The van der Waals surface area contributed by atoms with Gasteiger partial charge in [0.25, 0.3) is 5.91 Å². The Morgan fingerprint density at radius 2 is 1.92 bits per heavy atom. The zero-order valence-electron chi connectivity index (χ0n) is 14.5. The maximum atomic E-state index is 12.1. The fourth-order valence-electron chi connectivity index (χ4n) is 2.27. The molecule has 0 spiro atoms. The molecule has 0 atom stereocenters. The predicted octanol–water partition coefficient (Wildman–Crippen LogP) is 3.43. The summed E-state index contributed by atoms with van der Waals surface area (Å²) in [6, 6.07) is 5.45. The van der Waals surface area contributed by atoms with Crippen LogP contribution in [0.1, 0.15) is 49.5 Å². The summed E-state index contributed by atoms with van der Waals surface area (Å²) in [6.07, 6.45) is 8.10. The summed E-state index contributed by atoms with van der Waals surface area (Å²) >= 11 is 1.42. The molecule has 0 unspecified atom stereocenters. The monoisotopic (exact) mass is 360 g/mol. The second-order valence-corrected chi connectivity index (χ2v) is 6.80. The quantitative estimate of drug-likeness (QED) is 0.634. The average Bonchev–Trinajstić information content (AvgIpc) is 3.14. The number of hydrogen-bond donors (Lipinski definition) is 2. The molecule has 2 aromatic rings. The van der Waals surface area contributed by atoms with E-state index in [2.05, 4.69) is 20.5 Å². The molecule has 2 heterocycles. The van der Waals surface area contributed by atoms with Crippen molar-refractivity contribution in [2.75, 3.05) is 12.3 Å². The van der Waals surface area contributed by atoms with Crippen molar-refractivity contribution in [3.63, 3.8) is 0 Å². The number of hydrogen-bond acceptors (Lipinski definition) is 5. The molecule has 1 amide bonds. The van der Waals surface area contributed by atoms with E-state index in [0.29, 0.717) is 18.7 Å². The molecule has 0 bridgehead atoms. The molecular weight excluding hydrogens is 336 g/mol. The fourth-order valence-corrected chi connectivity index (χ4v) is 3.05. The number of nitrogens with one attached hydrogen (secondary N) is 2. The summed E-state index contributed by atoms with van der Waals surface area (Å²) in [5.74, 6) is 0.752. The Kier molecular flexibility index (Phi) is 8.18. The number of H-pyrrole nitrogens is 1. The van der Waals surface area contributed by atoms with Crippen LogP contribution in [0.15, 0.2) is 30.6 Å². The third-order valence-electron chi connectivity index (χ3n) is 3.71. The molecular formula is C18H24N4O2S. The standard InChI is InChI=1S/C18H24N4O2S/c1-2-17(23)25-12-6-4-3-5-9-20-18(24)16-13-15(21-22-16)14-7-10-19-11-8-14/h7-8,10-11,13H,2-6,9,12H2,1H3,(H,20,24)(H,21,22). The van der Waals surface area contributed by atoms with Gasteiger partial charge in [0.1, 0.15) is 5.69 Å². The summed E-state index contributed by atoms with van der Waals surface area (Å²) in [5, 5.41) is 10.1. The maximum Gasteiger partial charge on any atom is 0.269 e. The number of aromatic nitrogens is 3. The van der Waals surface area contributed by atoms with Crippen LogP contribution in [0.5, 0.6) is 0 Å².